The molecule has 0 aliphatic rings. The second kappa shape index (κ2) is 7.11. The van der Waals surface area contributed by atoms with Crippen LogP contribution in [0.1, 0.15) is 30.5 Å². The maximum absolute atomic E-state index is 6.28. The number of hydrogen-bond acceptors (Lipinski definition) is 2. The van der Waals surface area contributed by atoms with Gasteiger partial charge in [-0.15, -0.1) is 0 Å². The summed E-state index contributed by atoms with van der Waals surface area (Å²) in [4.78, 5) is 0. The third kappa shape index (κ3) is 3.75. The number of hydrogen-bond donors (Lipinski definition) is 1. The van der Waals surface area contributed by atoms with Crippen molar-refractivity contribution >= 4 is 27.5 Å². The first kappa shape index (κ1) is 15.4. The number of benzene rings is 2. The van der Waals surface area contributed by atoms with Crippen LogP contribution in [0.15, 0.2) is 46.9 Å². The summed E-state index contributed by atoms with van der Waals surface area (Å²) in [6.07, 6.45) is 0.996. The molecule has 0 saturated carbocycles. The van der Waals surface area contributed by atoms with E-state index in [0.717, 1.165) is 34.4 Å². The van der Waals surface area contributed by atoms with Gasteiger partial charge < -0.3 is 10.5 Å². The van der Waals surface area contributed by atoms with Gasteiger partial charge in [0.2, 0.25) is 0 Å². The van der Waals surface area contributed by atoms with Crippen molar-refractivity contribution in [2.75, 3.05) is 6.61 Å². The van der Waals surface area contributed by atoms with Gasteiger partial charge in [0.1, 0.15) is 5.75 Å². The van der Waals surface area contributed by atoms with Crippen molar-refractivity contribution in [2.45, 2.75) is 19.4 Å². The molecule has 0 aliphatic heterocycles. The molecule has 2 nitrogen and oxygen atoms in total. The summed E-state index contributed by atoms with van der Waals surface area (Å²) in [6, 6.07) is 13.3. The van der Waals surface area contributed by atoms with Gasteiger partial charge in [0, 0.05) is 9.50 Å². The lowest BCUT2D eigenvalue weighted by molar-refractivity contribution is 0.317. The van der Waals surface area contributed by atoms with Crippen LogP contribution in [0.2, 0.25) is 5.02 Å². The summed E-state index contributed by atoms with van der Waals surface area (Å²) < 4.78 is 6.51. The number of halogens is 2. The van der Waals surface area contributed by atoms with E-state index < -0.39 is 0 Å². The van der Waals surface area contributed by atoms with E-state index in [1.165, 1.54) is 0 Å². The molecule has 0 amide bonds. The lowest BCUT2D eigenvalue weighted by Crippen LogP contribution is -2.12. The summed E-state index contributed by atoms with van der Waals surface area (Å²) in [5, 5.41) is 0.665. The molecule has 1 unspecified atom stereocenters. The summed E-state index contributed by atoms with van der Waals surface area (Å²) >= 11 is 9.63. The lowest BCUT2D eigenvalue weighted by Gasteiger charge is -2.15. The van der Waals surface area contributed by atoms with Crippen LogP contribution in [0.3, 0.4) is 0 Å². The molecule has 2 aromatic carbocycles. The van der Waals surface area contributed by atoms with Crippen LogP contribution in [-0.4, -0.2) is 6.61 Å². The average Bonchev–Trinajstić information content (AvgIpc) is 2.45. The summed E-state index contributed by atoms with van der Waals surface area (Å²) in [6.45, 7) is 2.81. The summed E-state index contributed by atoms with van der Waals surface area (Å²) in [5.74, 6) is 0.865. The minimum absolute atomic E-state index is 0.240. The van der Waals surface area contributed by atoms with E-state index in [-0.39, 0.29) is 6.04 Å². The monoisotopic (exact) mass is 353 g/mol. The van der Waals surface area contributed by atoms with E-state index >= 15 is 0 Å². The van der Waals surface area contributed by atoms with Crippen LogP contribution in [0.25, 0.3) is 0 Å². The fourth-order valence-electron chi connectivity index (χ4n) is 1.92. The van der Waals surface area contributed by atoms with Gasteiger partial charge in [-0.25, -0.2) is 0 Å². The molecular formula is C16H17BrClNO. The Morgan fingerprint density at radius 1 is 1.20 bits per heavy atom. The van der Waals surface area contributed by atoms with Crippen molar-refractivity contribution in [1.82, 2.24) is 0 Å². The topological polar surface area (TPSA) is 35.2 Å². The number of nitrogens with two attached hydrogens (primary N) is 1. The standard InChI is InChI=1S/C16H17BrClNO/c1-2-9-20-13-6-3-11(4-7-13)16(19)14-8-5-12(17)10-15(14)18/h3-8,10,16H,2,9,19H2,1H3. The van der Waals surface area contributed by atoms with Crippen molar-refractivity contribution in [3.63, 3.8) is 0 Å². The van der Waals surface area contributed by atoms with Crippen LogP contribution in [0.5, 0.6) is 5.75 Å². The van der Waals surface area contributed by atoms with Crippen LogP contribution >= 0.6 is 27.5 Å². The highest BCUT2D eigenvalue weighted by atomic mass is 79.9. The van der Waals surface area contributed by atoms with Gasteiger partial charge in [0.15, 0.2) is 0 Å². The fraction of sp³-hybridized carbons (Fsp3) is 0.250. The first-order chi connectivity index (χ1) is 9.61. The molecule has 0 aromatic heterocycles. The molecule has 0 spiro atoms. The lowest BCUT2D eigenvalue weighted by atomic mass is 9.99. The summed E-state index contributed by atoms with van der Waals surface area (Å²) in [7, 11) is 0. The van der Waals surface area contributed by atoms with Gasteiger partial charge in [-0.2, -0.15) is 0 Å². The molecular weight excluding hydrogens is 338 g/mol. The van der Waals surface area contributed by atoms with Crippen LogP contribution in [-0.2, 0) is 0 Å². The Morgan fingerprint density at radius 2 is 1.90 bits per heavy atom. The number of ether oxygens (including phenoxy) is 1. The zero-order valence-corrected chi connectivity index (χ0v) is 13.6. The predicted molar refractivity (Wildman–Crippen MR) is 87.4 cm³/mol. The van der Waals surface area contributed by atoms with Gasteiger partial charge in [0.05, 0.1) is 12.6 Å². The Balaban J connectivity index is 2.18. The smallest absolute Gasteiger partial charge is 0.119 e. The molecule has 2 aromatic rings. The average molecular weight is 355 g/mol. The SMILES string of the molecule is CCCOc1ccc(C(N)c2ccc(Br)cc2Cl)cc1. The zero-order chi connectivity index (χ0) is 14.5. The van der Waals surface area contributed by atoms with Gasteiger partial charge in [-0.1, -0.05) is 52.7 Å². The molecule has 4 heteroatoms. The number of rotatable bonds is 5. The van der Waals surface area contributed by atoms with Crippen LogP contribution < -0.4 is 10.5 Å². The summed E-state index contributed by atoms with van der Waals surface area (Å²) in [5.41, 5.74) is 8.20. The van der Waals surface area contributed by atoms with E-state index in [1.807, 2.05) is 42.5 Å². The fourth-order valence-corrected chi connectivity index (χ4v) is 2.72. The molecule has 106 valence electrons. The van der Waals surface area contributed by atoms with Gasteiger partial charge in [0.25, 0.3) is 0 Å². The van der Waals surface area contributed by atoms with Crippen molar-refractivity contribution in [2.24, 2.45) is 5.73 Å². The third-order valence-corrected chi connectivity index (χ3v) is 3.83. The van der Waals surface area contributed by atoms with Gasteiger partial charge in [-0.05, 0) is 41.8 Å². The van der Waals surface area contributed by atoms with Crippen molar-refractivity contribution < 1.29 is 4.74 Å². The van der Waals surface area contributed by atoms with E-state index in [4.69, 9.17) is 22.1 Å². The molecule has 0 bridgehead atoms. The predicted octanol–water partition coefficient (Wildman–Crippen LogP) is 4.94. The molecule has 0 fully saturated rings. The maximum Gasteiger partial charge on any atom is 0.119 e. The normalized spacial score (nSPS) is 12.2. The molecule has 20 heavy (non-hydrogen) atoms. The minimum Gasteiger partial charge on any atom is -0.494 e. The van der Waals surface area contributed by atoms with Crippen molar-refractivity contribution in [3.05, 3.63) is 63.1 Å². The first-order valence-electron chi connectivity index (χ1n) is 6.55. The first-order valence-corrected chi connectivity index (χ1v) is 7.72. The Bertz CT molecular complexity index is 571. The van der Waals surface area contributed by atoms with E-state index in [2.05, 4.69) is 22.9 Å². The Labute approximate surface area is 133 Å². The quantitative estimate of drug-likeness (QED) is 0.825. The maximum atomic E-state index is 6.28. The van der Waals surface area contributed by atoms with Gasteiger partial charge >= 0.3 is 0 Å². The Hall–Kier alpha value is -1.03. The molecule has 0 radical (unpaired) electrons. The Kier molecular flexibility index (Phi) is 5.46. The highest BCUT2D eigenvalue weighted by molar-refractivity contribution is 9.10. The second-order valence-electron chi connectivity index (χ2n) is 4.56. The van der Waals surface area contributed by atoms with Gasteiger partial charge in [-0.3, -0.25) is 0 Å². The third-order valence-electron chi connectivity index (χ3n) is 3.01. The second-order valence-corrected chi connectivity index (χ2v) is 5.88. The van der Waals surface area contributed by atoms with E-state index in [0.29, 0.717) is 5.02 Å². The minimum atomic E-state index is -0.240. The van der Waals surface area contributed by atoms with E-state index in [9.17, 15) is 0 Å². The van der Waals surface area contributed by atoms with Crippen molar-refractivity contribution in [1.29, 1.82) is 0 Å². The molecule has 2 N–H and O–H groups in total. The molecule has 0 heterocycles. The van der Waals surface area contributed by atoms with Crippen LogP contribution in [0.4, 0.5) is 0 Å². The zero-order valence-electron chi connectivity index (χ0n) is 11.3. The van der Waals surface area contributed by atoms with Crippen LogP contribution in [0, 0.1) is 0 Å². The molecule has 1 atom stereocenters. The van der Waals surface area contributed by atoms with Crippen molar-refractivity contribution in [3.8, 4) is 5.75 Å². The Morgan fingerprint density at radius 3 is 2.50 bits per heavy atom. The molecule has 2 rings (SSSR count). The largest absolute Gasteiger partial charge is 0.494 e. The highest BCUT2D eigenvalue weighted by Crippen LogP contribution is 2.29. The molecule has 0 aliphatic carbocycles. The molecule has 0 saturated heterocycles. The highest BCUT2D eigenvalue weighted by Gasteiger charge is 2.12. The van der Waals surface area contributed by atoms with E-state index in [1.54, 1.807) is 0 Å².